The van der Waals surface area contributed by atoms with E-state index in [0.717, 1.165) is 0 Å². The van der Waals surface area contributed by atoms with Gasteiger partial charge in [0.25, 0.3) is 5.91 Å². The van der Waals surface area contributed by atoms with E-state index in [-0.39, 0.29) is 11.4 Å². The number of amides is 2. The number of aliphatic carboxylic acids is 1. The van der Waals surface area contributed by atoms with E-state index in [1.165, 1.54) is 40.9 Å². The molecule has 0 radical (unpaired) electrons. The first-order valence-corrected chi connectivity index (χ1v) is 8.58. The van der Waals surface area contributed by atoms with Crippen LogP contribution in [0.5, 0.6) is 5.75 Å². The third-order valence-corrected chi connectivity index (χ3v) is 5.62. The van der Waals surface area contributed by atoms with Crippen molar-refractivity contribution in [2.24, 2.45) is 5.73 Å². The molecule has 132 valence electrons. The number of hydrogen-bond acceptors (Lipinski definition) is 6. The highest BCUT2D eigenvalue weighted by atomic mass is 32.2. The van der Waals surface area contributed by atoms with E-state index in [1.807, 2.05) is 0 Å². The summed E-state index contributed by atoms with van der Waals surface area (Å²) < 4.78 is 0. The van der Waals surface area contributed by atoms with Gasteiger partial charge in [-0.1, -0.05) is 12.1 Å². The Morgan fingerprint density at radius 1 is 1.36 bits per heavy atom. The fraction of sp³-hybridized carbons (Fsp3) is 0.312. The lowest BCUT2D eigenvalue weighted by Crippen LogP contribution is -2.71. The van der Waals surface area contributed by atoms with Crippen molar-refractivity contribution in [1.82, 2.24) is 10.2 Å². The van der Waals surface area contributed by atoms with Gasteiger partial charge in [-0.3, -0.25) is 14.5 Å². The highest BCUT2D eigenvalue weighted by Gasteiger charge is 2.53. The van der Waals surface area contributed by atoms with Gasteiger partial charge in [-0.25, -0.2) is 4.79 Å². The first-order valence-electron chi connectivity index (χ1n) is 7.54. The summed E-state index contributed by atoms with van der Waals surface area (Å²) in [6.45, 7) is 1.67. The number of nitrogens with zero attached hydrogens (tertiary/aromatic N) is 1. The maximum Gasteiger partial charge on any atom is 0.352 e. The Hall–Kier alpha value is -2.52. The number of hydrogen-bond donors (Lipinski definition) is 4. The Labute approximate surface area is 147 Å². The van der Waals surface area contributed by atoms with Gasteiger partial charge in [0.2, 0.25) is 5.91 Å². The number of phenolic OH excluding ortho intramolecular Hbond substituents is 1. The van der Waals surface area contributed by atoms with Gasteiger partial charge in [0.1, 0.15) is 28.9 Å². The molecule has 9 heteroatoms. The summed E-state index contributed by atoms with van der Waals surface area (Å²) in [7, 11) is 0. The molecule has 2 amide bonds. The third kappa shape index (κ3) is 2.96. The minimum atomic E-state index is -1.15. The largest absolute Gasteiger partial charge is 0.508 e. The van der Waals surface area contributed by atoms with Crippen molar-refractivity contribution in [3.63, 3.8) is 0 Å². The second-order valence-corrected chi connectivity index (χ2v) is 7.00. The molecule has 1 fully saturated rings. The van der Waals surface area contributed by atoms with Crippen molar-refractivity contribution in [1.29, 1.82) is 0 Å². The molecular weight excluding hydrogens is 346 g/mol. The summed E-state index contributed by atoms with van der Waals surface area (Å²) in [4.78, 5) is 37.2. The van der Waals surface area contributed by atoms with Crippen LogP contribution in [0.4, 0.5) is 0 Å². The number of carbonyl (C=O) groups is 3. The van der Waals surface area contributed by atoms with Gasteiger partial charge < -0.3 is 21.3 Å². The lowest BCUT2D eigenvalue weighted by molar-refractivity contribution is -0.150. The summed E-state index contributed by atoms with van der Waals surface area (Å²) >= 11 is 1.40. The average molecular weight is 363 g/mol. The minimum Gasteiger partial charge on any atom is -0.508 e. The van der Waals surface area contributed by atoms with Crippen LogP contribution in [-0.4, -0.2) is 50.1 Å². The molecule has 0 spiro atoms. The Kier molecular flexibility index (Phi) is 4.44. The predicted octanol–water partition coefficient (Wildman–Crippen LogP) is 0.151. The number of aromatic hydroxyl groups is 1. The zero-order valence-electron chi connectivity index (χ0n) is 13.3. The van der Waals surface area contributed by atoms with Gasteiger partial charge >= 0.3 is 5.97 Å². The number of carboxylic acid groups (broad SMARTS) is 1. The predicted molar refractivity (Wildman–Crippen MR) is 90.4 cm³/mol. The molecule has 0 aromatic heterocycles. The number of carboxylic acids is 1. The number of phenols is 1. The lowest BCUT2D eigenvalue weighted by atomic mass is 10.0. The van der Waals surface area contributed by atoms with Crippen LogP contribution in [0, 0.1) is 0 Å². The van der Waals surface area contributed by atoms with Crippen LogP contribution in [0.15, 0.2) is 35.5 Å². The lowest BCUT2D eigenvalue weighted by Gasteiger charge is -2.49. The quantitative estimate of drug-likeness (QED) is 0.560. The van der Waals surface area contributed by atoms with E-state index in [2.05, 4.69) is 5.32 Å². The molecule has 8 nitrogen and oxygen atoms in total. The van der Waals surface area contributed by atoms with Gasteiger partial charge in [0, 0.05) is 5.75 Å². The number of carbonyl (C=O) groups excluding carboxylic acids is 2. The minimum absolute atomic E-state index is 0.0120. The van der Waals surface area contributed by atoms with Crippen LogP contribution in [0.3, 0.4) is 0 Å². The molecule has 3 rings (SSSR count). The molecule has 2 heterocycles. The number of benzene rings is 1. The van der Waals surface area contributed by atoms with Crippen LogP contribution in [-0.2, 0) is 14.4 Å². The summed E-state index contributed by atoms with van der Waals surface area (Å²) in [5.41, 5.74) is 7.00. The van der Waals surface area contributed by atoms with Gasteiger partial charge in [-0.2, -0.15) is 0 Å². The van der Waals surface area contributed by atoms with Crippen molar-refractivity contribution in [2.75, 3.05) is 5.75 Å². The van der Waals surface area contributed by atoms with Crippen molar-refractivity contribution in [2.45, 2.75) is 24.4 Å². The molecule has 0 bridgehead atoms. The maximum absolute atomic E-state index is 12.3. The fourth-order valence-electron chi connectivity index (χ4n) is 2.85. The van der Waals surface area contributed by atoms with E-state index in [4.69, 9.17) is 5.73 Å². The van der Waals surface area contributed by atoms with E-state index in [1.54, 1.807) is 6.92 Å². The molecule has 3 atom stereocenters. The highest BCUT2D eigenvalue weighted by Crippen LogP contribution is 2.40. The molecule has 1 aromatic rings. The second kappa shape index (κ2) is 6.41. The van der Waals surface area contributed by atoms with Crippen molar-refractivity contribution in [3.05, 3.63) is 41.1 Å². The van der Waals surface area contributed by atoms with Gasteiger partial charge in [-0.15, -0.1) is 11.8 Å². The van der Waals surface area contributed by atoms with Gasteiger partial charge in [0.05, 0.1) is 0 Å². The van der Waals surface area contributed by atoms with Crippen LogP contribution in [0.25, 0.3) is 0 Å². The highest BCUT2D eigenvalue weighted by molar-refractivity contribution is 8.00. The number of thioether (sulfide) groups is 1. The summed E-state index contributed by atoms with van der Waals surface area (Å²) in [6.07, 6.45) is 0. The van der Waals surface area contributed by atoms with E-state index in [9.17, 15) is 24.6 Å². The van der Waals surface area contributed by atoms with E-state index in [0.29, 0.717) is 16.9 Å². The van der Waals surface area contributed by atoms with Crippen LogP contribution in [0.1, 0.15) is 18.5 Å². The summed E-state index contributed by atoms with van der Waals surface area (Å²) in [5.74, 6) is -1.61. The molecule has 2 unspecified atom stereocenters. The number of rotatable bonds is 4. The molecule has 1 aromatic carbocycles. The number of nitrogens with two attached hydrogens (primary N) is 1. The third-order valence-electron chi connectivity index (χ3n) is 4.19. The molecule has 2 aliphatic rings. The zero-order valence-corrected chi connectivity index (χ0v) is 14.1. The Morgan fingerprint density at radius 2 is 2.00 bits per heavy atom. The van der Waals surface area contributed by atoms with Crippen LogP contribution in [0.2, 0.25) is 0 Å². The normalized spacial score (nSPS) is 23.6. The molecule has 0 saturated carbocycles. The summed E-state index contributed by atoms with van der Waals surface area (Å²) in [5, 5.41) is 20.7. The molecule has 5 N–H and O–H groups in total. The van der Waals surface area contributed by atoms with Crippen LogP contribution < -0.4 is 11.1 Å². The monoisotopic (exact) mass is 363 g/mol. The van der Waals surface area contributed by atoms with E-state index >= 15 is 0 Å². The zero-order chi connectivity index (χ0) is 18.3. The fourth-order valence-corrected chi connectivity index (χ4v) is 4.14. The molecule has 0 aliphatic carbocycles. The standard InChI is InChI=1S/C16H17N3O5S/c1-7-6-25-15-11(14(22)19(15)12(7)16(23)24)18-13(21)10(17)8-2-4-9(20)5-3-8/h2-5,10-11,15,20H,6,17H2,1H3,(H,18,21)(H,23,24)/t10-,11?,15?/m0/s1. The second-order valence-electron chi connectivity index (χ2n) is 5.90. The average Bonchev–Trinajstić information content (AvgIpc) is 2.58. The molecular formula is C16H17N3O5S. The Morgan fingerprint density at radius 3 is 2.60 bits per heavy atom. The molecule has 2 aliphatic heterocycles. The number of nitrogens with one attached hydrogen (secondary N) is 1. The first-order chi connectivity index (χ1) is 11.8. The van der Waals surface area contributed by atoms with E-state index < -0.39 is 35.2 Å². The Balaban J connectivity index is 1.71. The number of fused-ring (bicyclic) bond motifs is 1. The Bertz CT molecular complexity index is 776. The topological polar surface area (TPSA) is 133 Å². The smallest absolute Gasteiger partial charge is 0.352 e. The summed E-state index contributed by atoms with van der Waals surface area (Å²) in [6, 6.07) is 4.09. The maximum atomic E-state index is 12.3. The van der Waals surface area contributed by atoms with Crippen molar-refractivity contribution in [3.8, 4) is 5.75 Å². The molecule has 25 heavy (non-hydrogen) atoms. The SMILES string of the molecule is CC1=C(C(=O)O)N2C(=O)C(NC(=O)[C@@H](N)c3ccc(O)cc3)C2SC1. The van der Waals surface area contributed by atoms with Crippen molar-refractivity contribution < 1.29 is 24.6 Å². The molecule has 1 saturated heterocycles. The van der Waals surface area contributed by atoms with Gasteiger partial charge in [0.15, 0.2) is 0 Å². The van der Waals surface area contributed by atoms with Crippen LogP contribution >= 0.6 is 11.8 Å². The van der Waals surface area contributed by atoms with Crippen molar-refractivity contribution >= 4 is 29.5 Å². The first kappa shape index (κ1) is 17.3. The number of β-lactam (4-membered cyclic amide) rings is 1. The van der Waals surface area contributed by atoms with Gasteiger partial charge in [-0.05, 0) is 30.2 Å².